The summed E-state index contributed by atoms with van der Waals surface area (Å²) >= 11 is 0. The van der Waals surface area contributed by atoms with Crippen molar-refractivity contribution >= 4 is 5.91 Å². The van der Waals surface area contributed by atoms with Gasteiger partial charge < -0.3 is 14.4 Å². The van der Waals surface area contributed by atoms with Gasteiger partial charge >= 0.3 is 0 Å². The minimum Gasteiger partial charge on any atom is -0.454 e. The number of carbonyl (C=O) groups excluding carboxylic acids is 1. The van der Waals surface area contributed by atoms with E-state index in [0.717, 1.165) is 29.9 Å². The minimum atomic E-state index is -0.0977. The molecule has 2 aliphatic rings. The van der Waals surface area contributed by atoms with Gasteiger partial charge in [-0.1, -0.05) is 13.0 Å². The largest absolute Gasteiger partial charge is 0.454 e. The second kappa shape index (κ2) is 6.19. The molecule has 1 saturated carbocycles. The summed E-state index contributed by atoms with van der Waals surface area (Å²) in [5.74, 6) is 1.63. The first-order valence-electron chi connectivity index (χ1n) is 8.37. The summed E-state index contributed by atoms with van der Waals surface area (Å²) in [7, 11) is 0. The summed E-state index contributed by atoms with van der Waals surface area (Å²) < 4.78 is 12.6. The molecule has 0 N–H and O–H groups in total. The van der Waals surface area contributed by atoms with E-state index in [-0.39, 0.29) is 18.6 Å². The van der Waals surface area contributed by atoms with Crippen molar-refractivity contribution < 1.29 is 14.3 Å². The Morgan fingerprint density at radius 2 is 2.21 bits per heavy atom. The summed E-state index contributed by atoms with van der Waals surface area (Å²) in [4.78, 5) is 14.9. The van der Waals surface area contributed by atoms with E-state index in [1.54, 1.807) is 6.20 Å². The Bertz CT molecular complexity index is 725. The van der Waals surface area contributed by atoms with Crippen molar-refractivity contribution in [3.05, 3.63) is 42.2 Å². The quantitative estimate of drug-likeness (QED) is 0.818. The summed E-state index contributed by atoms with van der Waals surface area (Å²) in [6.45, 7) is 3.46. The van der Waals surface area contributed by atoms with Crippen LogP contribution in [0.25, 0.3) is 0 Å². The highest BCUT2D eigenvalue weighted by molar-refractivity contribution is 5.79. The molecule has 6 heteroatoms. The Labute approximate surface area is 141 Å². The van der Waals surface area contributed by atoms with Gasteiger partial charge in [0.05, 0.1) is 12.5 Å². The van der Waals surface area contributed by atoms with Crippen LogP contribution in [0.1, 0.15) is 25.3 Å². The predicted molar refractivity (Wildman–Crippen MR) is 87.5 cm³/mol. The Kier molecular flexibility index (Phi) is 3.88. The summed E-state index contributed by atoms with van der Waals surface area (Å²) in [5, 5.41) is 4.20. The number of hydrogen-bond donors (Lipinski definition) is 0. The van der Waals surface area contributed by atoms with E-state index in [1.807, 2.05) is 47.0 Å². The second-order valence-electron chi connectivity index (χ2n) is 6.51. The lowest BCUT2D eigenvalue weighted by atomic mass is 10.1. The van der Waals surface area contributed by atoms with Crippen LogP contribution in [0, 0.1) is 5.92 Å². The van der Waals surface area contributed by atoms with Gasteiger partial charge in [-0.3, -0.25) is 9.48 Å². The molecule has 2 heterocycles. The first-order chi connectivity index (χ1) is 11.7. The molecule has 0 saturated heterocycles. The van der Waals surface area contributed by atoms with Gasteiger partial charge in [-0.25, -0.2) is 0 Å². The van der Waals surface area contributed by atoms with Gasteiger partial charge in [0.15, 0.2) is 11.5 Å². The molecule has 1 aromatic carbocycles. The number of hydrogen-bond acceptors (Lipinski definition) is 4. The van der Waals surface area contributed by atoms with E-state index in [4.69, 9.17) is 9.47 Å². The molecule has 6 nitrogen and oxygen atoms in total. The molecule has 126 valence electrons. The molecule has 1 fully saturated rings. The third-order valence-electron chi connectivity index (χ3n) is 4.50. The van der Waals surface area contributed by atoms with Crippen molar-refractivity contribution in [3.8, 4) is 11.5 Å². The number of nitrogens with zero attached hydrogens (tertiary/aromatic N) is 3. The molecule has 0 bridgehead atoms. The number of benzene rings is 1. The van der Waals surface area contributed by atoms with Crippen LogP contribution in [0.15, 0.2) is 36.7 Å². The fraction of sp³-hybridized carbons (Fsp3) is 0.444. The second-order valence-corrected chi connectivity index (χ2v) is 6.51. The zero-order valence-corrected chi connectivity index (χ0v) is 13.7. The Morgan fingerprint density at radius 3 is 2.96 bits per heavy atom. The van der Waals surface area contributed by atoms with Crippen LogP contribution in [0.5, 0.6) is 11.5 Å². The minimum absolute atomic E-state index is 0.0977. The van der Waals surface area contributed by atoms with E-state index in [2.05, 4.69) is 5.10 Å². The van der Waals surface area contributed by atoms with Crippen molar-refractivity contribution in [1.82, 2.24) is 14.7 Å². The maximum atomic E-state index is 12.9. The molecule has 0 spiro atoms. The van der Waals surface area contributed by atoms with Crippen LogP contribution >= 0.6 is 0 Å². The fourth-order valence-electron chi connectivity index (χ4n) is 3.06. The first kappa shape index (κ1) is 15.1. The maximum Gasteiger partial charge on any atom is 0.231 e. The van der Waals surface area contributed by atoms with Crippen LogP contribution < -0.4 is 9.47 Å². The van der Waals surface area contributed by atoms with Gasteiger partial charge in [0.25, 0.3) is 0 Å². The van der Waals surface area contributed by atoms with Gasteiger partial charge in [0.2, 0.25) is 12.7 Å². The number of fused-ring (bicyclic) bond motifs is 1. The normalized spacial score (nSPS) is 16.9. The highest BCUT2D eigenvalue weighted by atomic mass is 16.7. The van der Waals surface area contributed by atoms with Crippen molar-refractivity contribution in [2.75, 3.05) is 6.79 Å². The molecule has 1 aromatic heterocycles. The highest BCUT2D eigenvalue weighted by Gasteiger charge is 2.34. The van der Waals surface area contributed by atoms with Crippen LogP contribution in [-0.4, -0.2) is 33.4 Å². The molecular weight excluding hydrogens is 306 g/mol. The van der Waals surface area contributed by atoms with Gasteiger partial charge in [-0.2, -0.15) is 5.10 Å². The average molecular weight is 327 g/mol. The van der Waals surface area contributed by atoms with E-state index in [9.17, 15) is 4.79 Å². The zero-order chi connectivity index (χ0) is 16.5. The number of ether oxygens (including phenoxy) is 2. The topological polar surface area (TPSA) is 56.6 Å². The molecular formula is C18H21N3O3. The van der Waals surface area contributed by atoms with Crippen molar-refractivity contribution in [2.45, 2.75) is 38.9 Å². The van der Waals surface area contributed by atoms with E-state index >= 15 is 0 Å². The SMILES string of the molecule is C[C@@H](Cn1cccn1)C(=O)N(Cc1ccc2c(c1)OCO2)C1CC1. The Balaban J connectivity index is 1.46. The summed E-state index contributed by atoms with van der Waals surface area (Å²) in [6.07, 6.45) is 5.81. The molecule has 0 radical (unpaired) electrons. The monoisotopic (exact) mass is 327 g/mol. The molecule has 2 aromatic rings. The number of rotatable bonds is 6. The van der Waals surface area contributed by atoms with Crippen LogP contribution in [0.2, 0.25) is 0 Å². The third-order valence-corrected chi connectivity index (χ3v) is 4.50. The molecule has 0 unspecified atom stereocenters. The predicted octanol–water partition coefficient (Wildman–Crippen LogP) is 2.44. The van der Waals surface area contributed by atoms with Gasteiger partial charge in [0, 0.05) is 25.0 Å². The molecule has 4 rings (SSSR count). The lowest BCUT2D eigenvalue weighted by molar-refractivity contribution is -0.136. The van der Waals surface area contributed by atoms with E-state index in [0.29, 0.717) is 19.1 Å². The number of carbonyl (C=O) groups is 1. The van der Waals surface area contributed by atoms with Crippen LogP contribution in [-0.2, 0) is 17.9 Å². The molecule has 1 aliphatic carbocycles. The van der Waals surface area contributed by atoms with Crippen LogP contribution in [0.4, 0.5) is 0 Å². The number of aromatic nitrogens is 2. The fourth-order valence-corrected chi connectivity index (χ4v) is 3.06. The van der Waals surface area contributed by atoms with Crippen LogP contribution in [0.3, 0.4) is 0 Å². The maximum absolute atomic E-state index is 12.9. The van der Waals surface area contributed by atoms with Crippen molar-refractivity contribution in [2.24, 2.45) is 5.92 Å². The molecule has 24 heavy (non-hydrogen) atoms. The average Bonchev–Trinajstić information content (AvgIpc) is 3.09. The van der Waals surface area contributed by atoms with E-state index < -0.39 is 0 Å². The van der Waals surface area contributed by atoms with Gasteiger partial charge in [0.1, 0.15) is 0 Å². The standard InChI is InChI=1S/C18H21N3O3/c1-13(10-20-8-2-7-19-20)18(22)21(15-4-5-15)11-14-3-6-16-17(9-14)24-12-23-16/h2-3,6-9,13,15H,4-5,10-12H2,1H3/t13-/m0/s1. The lowest BCUT2D eigenvalue weighted by Gasteiger charge is -2.26. The molecule has 1 atom stereocenters. The third kappa shape index (κ3) is 3.09. The molecule has 1 amide bonds. The van der Waals surface area contributed by atoms with Crippen molar-refractivity contribution in [3.63, 3.8) is 0 Å². The smallest absolute Gasteiger partial charge is 0.231 e. The summed E-state index contributed by atoms with van der Waals surface area (Å²) in [5.41, 5.74) is 1.07. The zero-order valence-electron chi connectivity index (χ0n) is 13.7. The number of amides is 1. The van der Waals surface area contributed by atoms with Gasteiger partial charge in [-0.15, -0.1) is 0 Å². The highest BCUT2D eigenvalue weighted by Crippen LogP contribution is 2.35. The molecule has 1 aliphatic heterocycles. The lowest BCUT2D eigenvalue weighted by Crippen LogP contribution is -2.38. The van der Waals surface area contributed by atoms with Crippen molar-refractivity contribution in [1.29, 1.82) is 0 Å². The summed E-state index contributed by atoms with van der Waals surface area (Å²) in [6, 6.07) is 8.14. The van der Waals surface area contributed by atoms with E-state index in [1.165, 1.54) is 0 Å². The van der Waals surface area contributed by atoms with Gasteiger partial charge in [-0.05, 0) is 36.6 Å². The Hall–Kier alpha value is -2.50. The Morgan fingerprint density at radius 1 is 1.38 bits per heavy atom. The first-order valence-corrected chi connectivity index (χ1v) is 8.37.